The van der Waals surface area contributed by atoms with Crippen molar-refractivity contribution in [2.75, 3.05) is 19.7 Å². The lowest BCUT2D eigenvalue weighted by Gasteiger charge is -2.40. The molecule has 2 rings (SSSR count). The Bertz CT molecular complexity index is 339. The van der Waals surface area contributed by atoms with Gasteiger partial charge in [0.1, 0.15) is 5.60 Å². The van der Waals surface area contributed by atoms with E-state index in [1.807, 2.05) is 20.8 Å². The average Bonchev–Trinajstić information content (AvgIpc) is 2.70. The van der Waals surface area contributed by atoms with Gasteiger partial charge in [-0.3, -0.25) is 0 Å². The second kappa shape index (κ2) is 5.29. The van der Waals surface area contributed by atoms with Crippen molar-refractivity contribution in [1.29, 1.82) is 0 Å². The van der Waals surface area contributed by atoms with Gasteiger partial charge < -0.3 is 19.5 Å². The van der Waals surface area contributed by atoms with E-state index in [0.717, 1.165) is 32.2 Å². The maximum Gasteiger partial charge on any atom is 0.410 e. The van der Waals surface area contributed by atoms with E-state index in [9.17, 15) is 9.90 Å². The molecule has 2 heterocycles. The second-order valence-electron chi connectivity index (χ2n) is 6.65. The lowest BCUT2D eigenvalue weighted by Crippen LogP contribution is -2.51. The smallest absolute Gasteiger partial charge is 0.410 e. The van der Waals surface area contributed by atoms with Crippen LogP contribution in [-0.2, 0) is 9.47 Å². The number of likely N-dealkylation sites (tertiary alicyclic amines) is 1. The van der Waals surface area contributed by atoms with Gasteiger partial charge in [0.15, 0.2) is 0 Å². The summed E-state index contributed by atoms with van der Waals surface area (Å²) in [6, 6.07) is 0. The molecule has 2 fully saturated rings. The molecular weight excluding hydrogens is 246 g/mol. The van der Waals surface area contributed by atoms with Crippen LogP contribution in [0.3, 0.4) is 0 Å². The summed E-state index contributed by atoms with van der Waals surface area (Å²) in [7, 11) is 0. The van der Waals surface area contributed by atoms with Crippen molar-refractivity contribution >= 4 is 6.09 Å². The molecule has 2 unspecified atom stereocenters. The van der Waals surface area contributed by atoms with Crippen LogP contribution in [0.4, 0.5) is 4.79 Å². The average molecular weight is 271 g/mol. The first kappa shape index (κ1) is 14.6. The monoisotopic (exact) mass is 271 g/mol. The molecule has 110 valence electrons. The zero-order valence-corrected chi connectivity index (χ0v) is 12.1. The molecule has 19 heavy (non-hydrogen) atoms. The number of ether oxygens (including phenoxy) is 2. The molecule has 2 aliphatic rings. The van der Waals surface area contributed by atoms with Gasteiger partial charge in [0.25, 0.3) is 0 Å². The van der Waals surface area contributed by atoms with Gasteiger partial charge in [-0.25, -0.2) is 4.79 Å². The van der Waals surface area contributed by atoms with Gasteiger partial charge in [-0.2, -0.15) is 0 Å². The van der Waals surface area contributed by atoms with Gasteiger partial charge in [0, 0.05) is 6.54 Å². The Morgan fingerprint density at radius 2 is 2.21 bits per heavy atom. The summed E-state index contributed by atoms with van der Waals surface area (Å²) in [5, 5.41) is 9.18. The number of piperidine rings is 1. The molecule has 0 aliphatic carbocycles. The highest BCUT2D eigenvalue weighted by Crippen LogP contribution is 2.37. The van der Waals surface area contributed by atoms with Crippen molar-refractivity contribution in [1.82, 2.24) is 4.90 Å². The summed E-state index contributed by atoms with van der Waals surface area (Å²) in [6.45, 7) is 6.99. The normalized spacial score (nSPS) is 31.8. The third-order valence-electron chi connectivity index (χ3n) is 3.73. The van der Waals surface area contributed by atoms with Gasteiger partial charge in [-0.15, -0.1) is 0 Å². The maximum atomic E-state index is 12.1. The number of nitrogens with zero attached hydrogens (tertiary/aromatic N) is 1. The zero-order valence-electron chi connectivity index (χ0n) is 12.1. The first-order valence-electron chi connectivity index (χ1n) is 7.10. The quantitative estimate of drug-likeness (QED) is 0.791. The maximum absolute atomic E-state index is 12.1. The van der Waals surface area contributed by atoms with Crippen LogP contribution in [0, 0.1) is 0 Å². The van der Waals surface area contributed by atoms with E-state index in [2.05, 4.69) is 0 Å². The predicted molar refractivity (Wildman–Crippen MR) is 71.0 cm³/mol. The van der Waals surface area contributed by atoms with E-state index >= 15 is 0 Å². The fourth-order valence-electron chi connectivity index (χ4n) is 2.90. The van der Waals surface area contributed by atoms with Crippen LogP contribution < -0.4 is 0 Å². The summed E-state index contributed by atoms with van der Waals surface area (Å²) in [5.74, 6) is 0. The Morgan fingerprint density at radius 1 is 1.47 bits per heavy atom. The van der Waals surface area contributed by atoms with Gasteiger partial charge in [-0.1, -0.05) is 0 Å². The predicted octanol–water partition coefficient (Wildman–Crippen LogP) is 1.93. The number of hydrogen-bond acceptors (Lipinski definition) is 4. The molecule has 0 aromatic heterocycles. The molecule has 0 saturated carbocycles. The fraction of sp³-hybridized carbons (Fsp3) is 0.929. The van der Waals surface area contributed by atoms with Crippen LogP contribution in [0.5, 0.6) is 0 Å². The number of amides is 1. The topological polar surface area (TPSA) is 59.0 Å². The van der Waals surface area contributed by atoms with Crippen LogP contribution in [0.15, 0.2) is 0 Å². The number of carbonyl (C=O) groups excluding carboxylic acids is 1. The Morgan fingerprint density at radius 3 is 2.79 bits per heavy atom. The van der Waals surface area contributed by atoms with E-state index in [1.54, 1.807) is 4.90 Å². The van der Waals surface area contributed by atoms with Crippen molar-refractivity contribution < 1.29 is 19.4 Å². The summed E-state index contributed by atoms with van der Waals surface area (Å²) >= 11 is 0. The Kier molecular flexibility index (Phi) is 4.06. The minimum atomic E-state index is -0.466. The van der Waals surface area contributed by atoms with E-state index in [4.69, 9.17) is 9.47 Å². The number of rotatable bonds is 1. The highest BCUT2D eigenvalue weighted by Gasteiger charge is 2.44. The lowest BCUT2D eigenvalue weighted by atomic mass is 9.90. The molecule has 0 bridgehead atoms. The number of hydrogen-bond donors (Lipinski definition) is 1. The van der Waals surface area contributed by atoms with E-state index in [1.165, 1.54) is 0 Å². The molecule has 1 N–H and O–H groups in total. The number of aliphatic hydroxyl groups is 1. The molecule has 1 amide bonds. The second-order valence-corrected chi connectivity index (χ2v) is 6.65. The van der Waals surface area contributed by atoms with Gasteiger partial charge in [0.05, 0.1) is 24.9 Å². The molecule has 0 radical (unpaired) electrons. The Balaban J connectivity index is 1.96. The van der Waals surface area contributed by atoms with Gasteiger partial charge >= 0.3 is 6.09 Å². The van der Waals surface area contributed by atoms with Gasteiger partial charge in [0.2, 0.25) is 0 Å². The third-order valence-corrected chi connectivity index (χ3v) is 3.73. The van der Waals surface area contributed by atoms with E-state index < -0.39 is 5.60 Å². The first-order chi connectivity index (χ1) is 8.84. The van der Waals surface area contributed by atoms with E-state index in [0.29, 0.717) is 6.54 Å². The summed E-state index contributed by atoms with van der Waals surface area (Å²) in [6.07, 6.45) is 3.34. The largest absolute Gasteiger partial charge is 0.444 e. The highest BCUT2D eigenvalue weighted by molar-refractivity contribution is 5.68. The molecule has 2 saturated heterocycles. The summed E-state index contributed by atoms with van der Waals surface area (Å²) in [4.78, 5) is 13.8. The standard InChI is InChI=1S/C14H25NO4/c1-13(2,3)19-12(17)15-8-4-6-14(10-15)7-5-11(9-16)18-14/h11,16H,4-10H2,1-3H3. The lowest BCUT2D eigenvalue weighted by molar-refractivity contribution is -0.0949. The third kappa shape index (κ3) is 3.60. The fourth-order valence-corrected chi connectivity index (χ4v) is 2.90. The number of aliphatic hydroxyl groups excluding tert-OH is 1. The van der Waals surface area contributed by atoms with Crippen molar-refractivity contribution in [3.05, 3.63) is 0 Å². The van der Waals surface area contributed by atoms with Crippen LogP contribution >= 0.6 is 0 Å². The first-order valence-corrected chi connectivity index (χ1v) is 7.10. The molecule has 5 nitrogen and oxygen atoms in total. The summed E-state index contributed by atoms with van der Waals surface area (Å²) < 4.78 is 11.4. The highest BCUT2D eigenvalue weighted by atomic mass is 16.6. The SMILES string of the molecule is CC(C)(C)OC(=O)N1CCCC2(CCC(CO)O2)C1. The van der Waals surface area contributed by atoms with Crippen molar-refractivity contribution in [2.24, 2.45) is 0 Å². The van der Waals surface area contributed by atoms with Crippen LogP contribution in [0.2, 0.25) is 0 Å². The molecule has 0 aromatic carbocycles. The van der Waals surface area contributed by atoms with Crippen LogP contribution in [0.25, 0.3) is 0 Å². The molecular formula is C14H25NO4. The van der Waals surface area contributed by atoms with Gasteiger partial charge in [-0.05, 0) is 46.5 Å². The molecule has 2 atom stereocenters. The molecule has 2 aliphatic heterocycles. The van der Waals surface area contributed by atoms with Crippen molar-refractivity contribution in [3.63, 3.8) is 0 Å². The Hall–Kier alpha value is -0.810. The van der Waals surface area contributed by atoms with Crippen molar-refractivity contribution in [3.8, 4) is 0 Å². The van der Waals surface area contributed by atoms with E-state index in [-0.39, 0.29) is 24.4 Å². The number of carbonyl (C=O) groups is 1. The van der Waals surface area contributed by atoms with Crippen molar-refractivity contribution in [2.45, 2.75) is 63.8 Å². The minimum absolute atomic E-state index is 0.0637. The minimum Gasteiger partial charge on any atom is -0.444 e. The van der Waals surface area contributed by atoms with Crippen LogP contribution in [0.1, 0.15) is 46.5 Å². The molecule has 0 aromatic rings. The summed E-state index contributed by atoms with van der Waals surface area (Å²) in [5.41, 5.74) is -0.728. The molecule has 1 spiro atoms. The Labute approximate surface area is 114 Å². The molecule has 5 heteroatoms. The van der Waals surface area contributed by atoms with Crippen LogP contribution in [-0.4, -0.2) is 53.1 Å². The zero-order chi connectivity index (χ0) is 14.1.